The lowest BCUT2D eigenvalue weighted by atomic mass is 9.82. The molecule has 0 atom stereocenters. The first-order chi connectivity index (χ1) is 16.9. The molecule has 35 heavy (non-hydrogen) atoms. The van der Waals surface area contributed by atoms with Gasteiger partial charge in [0.15, 0.2) is 0 Å². The topological polar surface area (TPSA) is 24.1 Å². The summed E-state index contributed by atoms with van der Waals surface area (Å²) in [5, 5.41) is 10.2. The van der Waals surface area contributed by atoms with Gasteiger partial charge >= 0.3 is 0 Å². The lowest BCUT2D eigenvalue weighted by Gasteiger charge is -2.22. The van der Waals surface area contributed by atoms with E-state index in [-0.39, 0.29) is 5.41 Å². The Hall–Kier alpha value is -3.75. The Morgan fingerprint density at radius 2 is 1.20 bits per heavy atom. The van der Waals surface area contributed by atoms with E-state index in [1.54, 1.807) is 0 Å². The molecule has 0 saturated carbocycles. The highest BCUT2D eigenvalue weighted by Gasteiger charge is 2.35. The van der Waals surface area contributed by atoms with Gasteiger partial charge in [-0.05, 0) is 81.9 Å². The van der Waals surface area contributed by atoms with Gasteiger partial charge in [0.25, 0.3) is 0 Å². The van der Waals surface area contributed by atoms with E-state index < -0.39 is 0 Å². The molecule has 0 unspecified atom stereocenters. The van der Waals surface area contributed by atoms with Gasteiger partial charge in [0.1, 0.15) is 0 Å². The number of fused-ring (bicyclic) bond motifs is 4. The molecule has 2 nitrogen and oxygen atoms in total. The van der Waals surface area contributed by atoms with Gasteiger partial charge in [0.2, 0.25) is 0 Å². The summed E-state index contributed by atoms with van der Waals surface area (Å²) in [5.74, 6) is 0. The fourth-order valence-electron chi connectivity index (χ4n) is 5.31. The van der Waals surface area contributed by atoms with Gasteiger partial charge in [-0.25, -0.2) is 0 Å². The van der Waals surface area contributed by atoms with Gasteiger partial charge in [0, 0.05) is 16.8 Å². The van der Waals surface area contributed by atoms with Gasteiger partial charge in [-0.15, -0.1) is 0 Å². The third-order valence-electron chi connectivity index (χ3n) is 7.11. The molecule has 0 heterocycles. The molecule has 1 aliphatic rings. The van der Waals surface area contributed by atoms with Crippen molar-refractivity contribution >= 4 is 45.1 Å². The van der Waals surface area contributed by atoms with Crippen LogP contribution in [0.4, 0.5) is 22.7 Å². The molecule has 0 spiro atoms. The zero-order chi connectivity index (χ0) is 24.2. The van der Waals surface area contributed by atoms with Crippen LogP contribution in [0.5, 0.6) is 0 Å². The average molecular weight is 475 g/mol. The maximum Gasteiger partial charge on any atom is 0.0875 e. The van der Waals surface area contributed by atoms with Crippen LogP contribution >= 0.6 is 11.6 Å². The molecule has 5 aromatic carbocycles. The normalized spacial score (nSPS) is 13.4. The van der Waals surface area contributed by atoms with Gasteiger partial charge < -0.3 is 10.6 Å². The summed E-state index contributed by atoms with van der Waals surface area (Å²) in [6.07, 6.45) is 0. The molecule has 0 saturated heterocycles. The van der Waals surface area contributed by atoms with E-state index in [0.29, 0.717) is 5.02 Å². The molecular formula is C32H27ClN2. The van der Waals surface area contributed by atoms with Crippen LogP contribution in [0.2, 0.25) is 5.02 Å². The molecule has 2 N–H and O–H groups in total. The van der Waals surface area contributed by atoms with Gasteiger partial charge in [-0.2, -0.15) is 0 Å². The van der Waals surface area contributed by atoms with Crippen LogP contribution in [0.25, 0.3) is 21.9 Å². The van der Waals surface area contributed by atoms with E-state index in [1.807, 2.05) is 0 Å². The monoisotopic (exact) mass is 474 g/mol. The summed E-state index contributed by atoms with van der Waals surface area (Å²) in [7, 11) is 0. The second kappa shape index (κ2) is 8.18. The van der Waals surface area contributed by atoms with E-state index in [2.05, 4.69) is 128 Å². The molecule has 6 rings (SSSR count). The van der Waals surface area contributed by atoms with Gasteiger partial charge in [-0.3, -0.25) is 0 Å². The smallest absolute Gasteiger partial charge is 0.0875 e. The van der Waals surface area contributed by atoms with Crippen molar-refractivity contribution in [1.82, 2.24) is 0 Å². The molecule has 0 bridgehead atoms. The summed E-state index contributed by atoms with van der Waals surface area (Å²) < 4.78 is 0. The number of anilines is 4. The first-order valence-corrected chi connectivity index (χ1v) is 12.4. The highest BCUT2D eigenvalue weighted by molar-refractivity contribution is 6.36. The van der Waals surface area contributed by atoms with E-state index in [4.69, 9.17) is 11.6 Å². The molecule has 5 aromatic rings. The Morgan fingerprint density at radius 3 is 1.97 bits per heavy atom. The molecule has 1 aliphatic carbocycles. The lowest BCUT2D eigenvalue weighted by Crippen LogP contribution is -2.15. The van der Waals surface area contributed by atoms with Crippen molar-refractivity contribution in [2.45, 2.75) is 26.2 Å². The summed E-state index contributed by atoms with van der Waals surface area (Å²) in [6.45, 7) is 6.69. The minimum Gasteiger partial charge on any atom is -0.354 e. The Kier molecular flexibility index (Phi) is 5.09. The first kappa shape index (κ1) is 21.8. The van der Waals surface area contributed by atoms with Crippen molar-refractivity contribution in [3.63, 3.8) is 0 Å². The number of nitrogens with one attached hydrogen (secondary N) is 2. The van der Waals surface area contributed by atoms with Crippen molar-refractivity contribution in [3.8, 4) is 11.1 Å². The lowest BCUT2D eigenvalue weighted by molar-refractivity contribution is 0.660. The predicted molar refractivity (Wildman–Crippen MR) is 151 cm³/mol. The quantitative estimate of drug-likeness (QED) is 0.271. The van der Waals surface area contributed by atoms with Crippen molar-refractivity contribution in [1.29, 1.82) is 0 Å². The molecule has 0 aliphatic heterocycles. The van der Waals surface area contributed by atoms with Crippen molar-refractivity contribution < 1.29 is 0 Å². The second-order valence-electron chi connectivity index (χ2n) is 9.92. The Balaban J connectivity index is 1.33. The van der Waals surface area contributed by atoms with E-state index in [0.717, 1.165) is 28.3 Å². The number of aryl methyl sites for hydroxylation is 1. The number of rotatable bonds is 4. The predicted octanol–water partition coefficient (Wildman–Crippen LogP) is 9.60. The zero-order valence-electron chi connectivity index (χ0n) is 20.1. The van der Waals surface area contributed by atoms with Crippen LogP contribution in [-0.2, 0) is 5.41 Å². The minimum absolute atomic E-state index is 0.0389. The van der Waals surface area contributed by atoms with Crippen LogP contribution in [0, 0.1) is 6.92 Å². The fraction of sp³-hybridized carbons (Fsp3) is 0.125. The average Bonchev–Trinajstić information content (AvgIpc) is 3.08. The Morgan fingerprint density at radius 1 is 0.600 bits per heavy atom. The third-order valence-corrected chi connectivity index (χ3v) is 7.52. The maximum absolute atomic E-state index is 6.92. The van der Waals surface area contributed by atoms with Crippen LogP contribution in [0.3, 0.4) is 0 Å². The highest BCUT2D eigenvalue weighted by atomic mass is 35.5. The molecule has 3 heteroatoms. The van der Waals surface area contributed by atoms with Gasteiger partial charge in [0.05, 0.1) is 16.4 Å². The molecule has 0 aromatic heterocycles. The van der Waals surface area contributed by atoms with Crippen molar-refractivity contribution in [3.05, 3.63) is 119 Å². The number of hydrogen-bond acceptors (Lipinski definition) is 2. The molecule has 0 amide bonds. The standard InChI is InChI=1S/C32H27ClN2/c1-20-16-29(34-23-13-12-21-8-4-5-9-22(21)18-23)31(33)30(17-20)35-24-14-15-26-25-10-6-7-11-27(25)32(2,3)28(26)19-24/h4-19,34-35H,1-3H3. The number of halogens is 1. The van der Waals surface area contributed by atoms with Crippen LogP contribution in [-0.4, -0.2) is 0 Å². The second-order valence-corrected chi connectivity index (χ2v) is 10.3. The van der Waals surface area contributed by atoms with Crippen LogP contribution < -0.4 is 10.6 Å². The Bertz CT molecular complexity index is 1600. The Labute approximate surface area is 211 Å². The van der Waals surface area contributed by atoms with Crippen molar-refractivity contribution in [2.24, 2.45) is 0 Å². The zero-order valence-corrected chi connectivity index (χ0v) is 20.9. The molecule has 0 fully saturated rings. The maximum atomic E-state index is 6.92. The van der Waals surface area contributed by atoms with E-state index in [9.17, 15) is 0 Å². The highest BCUT2D eigenvalue weighted by Crippen LogP contribution is 2.49. The van der Waals surface area contributed by atoms with E-state index >= 15 is 0 Å². The molecule has 172 valence electrons. The fourth-order valence-corrected chi connectivity index (χ4v) is 5.51. The van der Waals surface area contributed by atoms with Crippen LogP contribution in [0.1, 0.15) is 30.5 Å². The number of hydrogen-bond donors (Lipinski definition) is 2. The number of benzene rings is 5. The van der Waals surface area contributed by atoms with Crippen LogP contribution in [0.15, 0.2) is 97.1 Å². The minimum atomic E-state index is -0.0389. The van der Waals surface area contributed by atoms with E-state index in [1.165, 1.54) is 33.0 Å². The molecular weight excluding hydrogens is 448 g/mol. The third kappa shape index (κ3) is 3.75. The summed E-state index contributed by atoms with van der Waals surface area (Å²) in [6, 6.07) is 34.3. The van der Waals surface area contributed by atoms with Gasteiger partial charge in [-0.1, -0.05) is 86.1 Å². The summed E-state index contributed by atoms with van der Waals surface area (Å²) >= 11 is 6.92. The largest absolute Gasteiger partial charge is 0.354 e. The first-order valence-electron chi connectivity index (χ1n) is 12.0. The molecule has 0 radical (unpaired) electrons. The summed E-state index contributed by atoms with van der Waals surface area (Å²) in [4.78, 5) is 0. The SMILES string of the molecule is Cc1cc(Nc2ccc3c(c2)C(C)(C)c2ccccc2-3)c(Cl)c(Nc2ccc3ccccc3c2)c1. The summed E-state index contributed by atoms with van der Waals surface area (Å²) in [5.41, 5.74) is 10.3. The van der Waals surface area contributed by atoms with Crippen molar-refractivity contribution in [2.75, 3.05) is 10.6 Å².